The predicted octanol–water partition coefficient (Wildman–Crippen LogP) is 3.22. The van der Waals surface area contributed by atoms with Crippen molar-refractivity contribution >= 4 is 29.1 Å². The minimum atomic E-state index is -0.286. The molecule has 0 saturated heterocycles. The first-order valence-corrected chi connectivity index (χ1v) is 8.21. The minimum absolute atomic E-state index is 0.0936. The molecular weight excluding hydrogens is 316 g/mol. The maximum atomic E-state index is 12.4. The van der Waals surface area contributed by atoms with Crippen molar-refractivity contribution in [1.82, 2.24) is 5.32 Å². The first-order chi connectivity index (χ1) is 10.9. The van der Waals surface area contributed by atoms with Gasteiger partial charge in [-0.2, -0.15) is 0 Å². The molecule has 23 heavy (non-hydrogen) atoms. The van der Waals surface area contributed by atoms with E-state index in [2.05, 4.69) is 24.5 Å². The van der Waals surface area contributed by atoms with Crippen molar-refractivity contribution in [2.24, 2.45) is 5.41 Å². The summed E-state index contributed by atoms with van der Waals surface area (Å²) in [6, 6.07) is 4.79. The molecule has 0 aromatic heterocycles. The van der Waals surface area contributed by atoms with Crippen molar-refractivity contribution in [3.05, 3.63) is 28.8 Å². The zero-order valence-corrected chi connectivity index (χ0v) is 14.7. The van der Waals surface area contributed by atoms with Gasteiger partial charge in [-0.1, -0.05) is 25.4 Å². The summed E-state index contributed by atoms with van der Waals surface area (Å²) in [6.07, 6.45) is 2.37. The summed E-state index contributed by atoms with van der Waals surface area (Å²) < 4.78 is 0. The first-order valence-electron chi connectivity index (χ1n) is 7.83. The van der Waals surface area contributed by atoms with Crippen LogP contribution < -0.4 is 10.6 Å². The largest absolute Gasteiger partial charge is 0.396 e. The van der Waals surface area contributed by atoms with Crippen LogP contribution in [0.3, 0.4) is 0 Å². The minimum Gasteiger partial charge on any atom is -0.396 e. The lowest BCUT2D eigenvalue weighted by atomic mass is 9.79. The SMILES string of the molecule is CCC(CC)(CCO)CNC(=O)c1cc(NC(C)=O)ccc1Cl. The van der Waals surface area contributed by atoms with E-state index < -0.39 is 0 Å². The quantitative estimate of drug-likeness (QED) is 0.680. The molecule has 0 fully saturated rings. The van der Waals surface area contributed by atoms with E-state index in [9.17, 15) is 14.7 Å². The van der Waals surface area contributed by atoms with Crippen LogP contribution in [0.5, 0.6) is 0 Å². The molecule has 0 spiro atoms. The van der Waals surface area contributed by atoms with E-state index in [4.69, 9.17) is 11.6 Å². The molecule has 0 heterocycles. The molecule has 0 aliphatic carbocycles. The number of halogens is 1. The number of aliphatic hydroxyl groups is 1. The lowest BCUT2D eigenvalue weighted by Crippen LogP contribution is -2.37. The third-order valence-electron chi connectivity index (χ3n) is 4.30. The highest BCUT2D eigenvalue weighted by molar-refractivity contribution is 6.34. The molecule has 0 bridgehead atoms. The van der Waals surface area contributed by atoms with E-state index in [0.29, 0.717) is 29.2 Å². The number of nitrogens with one attached hydrogen (secondary N) is 2. The Labute approximate surface area is 142 Å². The summed E-state index contributed by atoms with van der Waals surface area (Å²) in [6.45, 7) is 6.07. The standard InChI is InChI=1S/C17H25ClN2O3/c1-4-17(5-2,8-9-21)11-19-16(23)14-10-13(20-12(3)22)6-7-15(14)18/h6-7,10,21H,4-5,8-9,11H2,1-3H3,(H,19,23)(H,20,22). The molecule has 0 aliphatic heterocycles. The van der Waals surface area contributed by atoms with Crippen LogP contribution in [-0.2, 0) is 4.79 Å². The molecule has 1 aromatic carbocycles. The predicted molar refractivity (Wildman–Crippen MR) is 92.8 cm³/mol. The van der Waals surface area contributed by atoms with Gasteiger partial charge in [0.05, 0.1) is 10.6 Å². The molecule has 2 amide bonds. The van der Waals surface area contributed by atoms with E-state index in [-0.39, 0.29) is 23.8 Å². The number of anilines is 1. The van der Waals surface area contributed by atoms with Gasteiger partial charge in [-0.25, -0.2) is 0 Å². The van der Waals surface area contributed by atoms with Crippen LogP contribution in [0.25, 0.3) is 0 Å². The number of aliphatic hydroxyl groups excluding tert-OH is 1. The van der Waals surface area contributed by atoms with Crippen LogP contribution in [0.4, 0.5) is 5.69 Å². The second kappa shape index (κ2) is 8.89. The number of amides is 2. The molecular formula is C17H25ClN2O3. The number of hydrogen-bond donors (Lipinski definition) is 3. The lowest BCUT2D eigenvalue weighted by molar-refractivity contribution is -0.114. The highest BCUT2D eigenvalue weighted by Gasteiger charge is 2.26. The van der Waals surface area contributed by atoms with Crippen molar-refractivity contribution in [3.63, 3.8) is 0 Å². The van der Waals surface area contributed by atoms with Crippen LogP contribution in [0.1, 0.15) is 50.4 Å². The summed E-state index contributed by atoms with van der Waals surface area (Å²) in [5.41, 5.74) is 0.731. The van der Waals surface area contributed by atoms with E-state index in [1.54, 1.807) is 18.2 Å². The fraction of sp³-hybridized carbons (Fsp3) is 0.529. The van der Waals surface area contributed by atoms with Gasteiger partial charge in [-0.05, 0) is 42.9 Å². The Balaban J connectivity index is 2.86. The monoisotopic (exact) mass is 340 g/mol. The fourth-order valence-corrected chi connectivity index (χ4v) is 2.73. The van der Waals surface area contributed by atoms with Crippen molar-refractivity contribution in [2.45, 2.75) is 40.0 Å². The molecule has 0 radical (unpaired) electrons. The fourth-order valence-electron chi connectivity index (χ4n) is 2.52. The Bertz CT molecular complexity index is 557. The van der Waals surface area contributed by atoms with Crippen molar-refractivity contribution in [3.8, 4) is 0 Å². The summed E-state index contributed by atoms with van der Waals surface area (Å²) in [4.78, 5) is 23.5. The summed E-state index contributed by atoms with van der Waals surface area (Å²) in [7, 11) is 0. The Hall–Kier alpha value is -1.59. The summed E-state index contributed by atoms with van der Waals surface area (Å²) >= 11 is 6.09. The second-order valence-corrected chi connectivity index (χ2v) is 6.15. The number of benzene rings is 1. The van der Waals surface area contributed by atoms with Gasteiger partial charge in [0.1, 0.15) is 0 Å². The van der Waals surface area contributed by atoms with Gasteiger partial charge >= 0.3 is 0 Å². The Morgan fingerprint density at radius 1 is 1.26 bits per heavy atom. The third kappa shape index (κ3) is 5.52. The van der Waals surface area contributed by atoms with Crippen LogP contribution in [0, 0.1) is 5.41 Å². The summed E-state index contributed by atoms with van der Waals surface area (Å²) in [5.74, 6) is -0.496. The van der Waals surface area contributed by atoms with Gasteiger partial charge in [0, 0.05) is 25.8 Å². The molecule has 3 N–H and O–H groups in total. The number of rotatable bonds is 8. The molecule has 0 atom stereocenters. The van der Waals surface area contributed by atoms with Crippen LogP contribution in [0.2, 0.25) is 5.02 Å². The molecule has 6 heteroatoms. The first kappa shape index (κ1) is 19.5. The van der Waals surface area contributed by atoms with Crippen molar-refractivity contribution in [1.29, 1.82) is 0 Å². The topological polar surface area (TPSA) is 78.4 Å². The van der Waals surface area contributed by atoms with E-state index in [0.717, 1.165) is 12.8 Å². The molecule has 0 aliphatic rings. The van der Waals surface area contributed by atoms with E-state index in [1.807, 2.05) is 0 Å². The normalized spacial score (nSPS) is 11.2. The number of hydrogen-bond acceptors (Lipinski definition) is 3. The molecule has 0 saturated carbocycles. The van der Waals surface area contributed by atoms with Gasteiger partial charge in [0.25, 0.3) is 5.91 Å². The van der Waals surface area contributed by atoms with Gasteiger partial charge in [0.2, 0.25) is 5.91 Å². The third-order valence-corrected chi connectivity index (χ3v) is 4.63. The van der Waals surface area contributed by atoms with Gasteiger partial charge in [-0.15, -0.1) is 0 Å². The van der Waals surface area contributed by atoms with E-state index in [1.165, 1.54) is 6.92 Å². The molecule has 1 rings (SSSR count). The summed E-state index contributed by atoms with van der Waals surface area (Å²) in [5, 5.41) is 15.1. The Kier molecular flexibility index (Phi) is 7.52. The molecule has 5 nitrogen and oxygen atoms in total. The molecule has 128 valence electrons. The number of carbonyl (C=O) groups excluding carboxylic acids is 2. The second-order valence-electron chi connectivity index (χ2n) is 5.74. The average molecular weight is 341 g/mol. The number of carbonyl (C=O) groups is 2. The highest BCUT2D eigenvalue weighted by Crippen LogP contribution is 2.29. The average Bonchev–Trinajstić information content (AvgIpc) is 2.52. The highest BCUT2D eigenvalue weighted by atomic mass is 35.5. The smallest absolute Gasteiger partial charge is 0.252 e. The Morgan fingerprint density at radius 3 is 2.43 bits per heavy atom. The maximum Gasteiger partial charge on any atom is 0.252 e. The molecule has 1 aromatic rings. The Morgan fingerprint density at radius 2 is 1.91 bits per heavy atom. The van der Waals surface area contributed by atoms with Gasteiger partial charge in [0.15, 0.2) is 0 Å². The molecule has 0 unspecified atom stereocenters. The van der Waals surface area contributed by atoms with Crippen molar-refractivity contribution < 1.29 is 14.7 Å². The van der Waals surface area contributed by atoms with Crippen LogP contribution in [-0.4, -0.2) is 30.1 Å². The zero-order valence-electron chi connectivity index (χ0n) is 13.9. The lowest BCUT2D eigenvalue weighted by Gasteiger charge is -2.31. The zero-order chi connectivity index (χ0) is 17.5. The van der Waals surface area contributed by atoms with Crippen molar-refractivity contribution in [2.75, 3.05) is 18.5 Å². The van der Waals surface area contributed by atoms with Crippen LogP contribution in [0.15, 0.2) is 18.2 Å². The van der Waals surface area contributed by atoms with Gasteiger partial charge in [-0.3, -0.25) is 9.59 Å². The maximum absolute atomic E-state index is 12.4. The van der Waals surface area contributed by atoms with Crippen LogP contribution >= 0.6 is 11.6 Å². The van der Waals surface area contributed by atoms with E-state index >= 15 is 0 Å². The van der Waals surface area contributed by atoms with Gasteiger partial charge < -0.3 is 15.7 Å².